The van der Waals surface area contributed by atoms with Gasteiger partial charge in [-0.3, -0.25) is 0 Å². The number of aromatic nitrogens is 3. The molecule has 0 fully saturated rings. The van der Waals surface area contributed by atoms with Crippen molar-refractivity contribution in [3.05, 3.63) is 0 Å². The van der Waals surface area contributed by atoms with E-state index in [-0.39, 0.29) is 5.95 Å². The molecule has 1 rings (SSSR count). The highest BCUT2D eigenvalue weighted by molar-refractivity contribution is 7.98. The fourth-order valence-electron chi connectivity index (χ4n) is 1.16. The highest BCUT2D eigenvalue weighted by Gasteiger charge is 2.08. The van der Waals surface area contributed by atoms with Gasteiger partial charge in [0, 0.05) is 25.9 Å². The molecule has 0 aliphatic carbocycles. The molecule has 1 heterocycles. The topological polar surface area (TPSA) is 80.0 Å². The number of hydrogen-bond donors (Lipinski definition) is 2. The van der Waals surface area contributed by atoms with Gasteiger partial charge in [0.05, 0.1) is 0 Å². The van der Waals surface area contributed by atoms with E-state index in [0.29, 0.717) is 17.9 Å². The van der Waals surface area contributed by atoms with E-state index in [1.165, 1.54) is 0 Å². The zero-order chi connectivity index (χ0) is 12.1. The molecular formula is C9H18N6S. The zero-order valence-electron chi connectivity index (χ0n) is 10.1. The second-order valence-electron chi connectivity index (χ2n) is 3.71. The van der Waals surface area contributed by atoms with Gasteiger partial charge in [-0.05, 0) is 13.2 Å². The second kappa shape index (κ2) is 5.74. The molecule has 3 N–H and O–H groups in total. The van der Waals surface area contributed by atoms with Crippen molar-refractivity contribution in [3.63, 3.8) is 0 Å². The van der Waals surface area contributed by atoms with Crippen LogP contribution >= 0.6 is 11.8 Å². The number of rotatable bonds is 5. The first-order valence-corrected chi connectivity index (χ1v) is 6.36. The Balaban J connectivity index is 2.80. The van der Waals surface area contributed by atoms with Gasteiger partial charge in [-0.1, -0.05) is 0 Å². The molecule has 90 valence electrons. The van der Waals surface area contributed by atoms with E-state index < -0.39 is 0 Å². The summed E-state index contributed by atoms with van der Waals surface area (Å²) in [5.74, 6) is 2.31. The maximum absolute atomic E-state index is 5.61. The average Bonchev–Trinajstić information content (AvgIpc) is 2.16. The molecule has 0 spiro atoms. The molecule has 0 aliphatic rings. The normalized spacial score (nSPS) is 12.2. The Bertz CT molecular complexity index is 343. The van der Waals surface area contributed by atoms with Gasteiger partial charge in [0.1, 0.15) is 0 Å². The maximum Gasteiger partial charge on any atom is 0.231 e. The minimum Gasteiger partial charge on any atom is -0.368 e. The van der Waals surface area contributed by atoms with E-state index in [9.17, 15) is 0 Å². The summed E-state index contributed by atoms with van der Waals surface area (Å²) >= 11 is 1.77. The van der Waals surface area contributed by atoms with Crippen molar-refractivity contribution in [3.8, 4) is 0 Å². The molecule has 1 atom stereocenters. The predicted molar refractivity (Wildman–Crippen MR) is 70.0 cm³/mol. The van der Waals surface area contributed by atoms with Crippen LogP contribution in [0.2, 0.25) is 0 Å². The second-order valence-corrected chi connectivity index (χ2v) is 4.62. The quantitative estimate of drug-likeness (QED) is 0.786. The summed E-state index contributed by atoms with van der Waals surface area (Å²) in [6, 6.07) is 0.298. The molecule has 7 heteroatoms. The van der Waals surface area contributed by atoms with Gasteiger partial charge in [0.25, 0.3) is 0 Å². The van der Waals surface area contributed by atoms with Gasteiger partial charge < -0.3 is 16.0 Å². The van der Waals surface area contributed by atoms with Crippen LogP contribution in [-0.4, -0.2) is 47.1 Å². The van der Waals surface area contributed by atoms with Gasteiger partial charge in [-0.15, -0.1) is 0 Å². The van der Waals surface area contributed by atoms with Crippen LogP contribution in [0.15, 0.2) is 0 Å². The summed E-state index contributed by atoms with van der Waals surface area (Å²) < 4.78 is 0. The minimum absolute atomic E-state index is 0.234. The predicted octanol–water partition coefficient (Wildman–Crippen LogP) is 0.683. The summed E-state index contributed by atoms with van der Waals surface area (Å²) in [5, 5.41) is 3.19. The van der Waals surface area contributed by atoms with Crippen LogP contribution in [0.1, 0.15) is 6.92 Å². The fraction of sp³-hybridized carbons (Fsp3) is 0.667. The van der Waals surface area contributed by atoms with Gasteiger partial charge in [0.2, 0.25) is 17.8 Å². The summed E-state index contributed by atoms with van der Waals surface area (Å²) in [6.07, 6.45) is 2.06. The van der Waals surface area contributed by atoms with Gasteiger partial charge in [0.15, 0.2) is 0 Å². The maximum atomic E-state index is 5.61. The smallest absolute Gasteiger partial charge is 0.231 e. The van der Waals surface area contributed by atoms with Gasteiger partial charge >= 0.3 is 0 Å². The zero-order valence-corrected chi connectivity index (χ0v) is 10.9. The van der Waals surface area contributed by atoms with Crippen LogP contribution in [0, 0.1) is 0 Å². The number of nitrogens with zero attached hydrogens (tertiary/aromatic N) is 4. The third-order valence-corrected chi connectivity index (χ3v) is 2.67. The average molecular weight is 242 g/mol. The van der Waals surface area contributed by atoms with Crippen molar-refractivity contribution in [2.24, 2.45) is 0 Å². The first kappa shape index (κ1) is 12.8. The monoisotopic (exact) mass is 242 g/mol. The Hall–Kier alpha value is -1.24. The van der Waals surface area contributed by atoms with Crippen molar-refractivity contribution >= 4 is 29.6 Å². The fourth-order valence-corrected chi connectivity index (χ4v) is 1.74. The Morgan fingerprint density at radius 3 is 2.62 bits per heavy atom. The lowest BCUT2D eigenvalue weighted by Crippen LogP contribution is -2.22. The molecule has 0 saturated heterocycles. The van der Waals surface area contributed by atoms with E-state index in [4.69, 9.17) is 5.73 Å². The lowest BCUT2D eigenvalue weighted by Gasteiger charge is -2.15. The summed E-state index contributed by atoms with van der Waals surface area (Å²) in [5.41, 5.74) is 5.61. The third-order valence-electron chi connectivity index (χ3n) is 1.83. The number of hydrogen-bond acceptors (Lipinski definition) is 7. The standard InChI is InChI=1S/C9H18N6S/c1-6(5-16-4)11-8-12-7(10)13-9(14-8)15(2)3/h6H,5H2,1-4H3,(H3,10,11,12,13,14). The summed E-state index contributed by atoms with van der Waals surface area (Å²) in [6.45, 7) is 2.08. The molecule has 0 bridgehead atoms. The van der Waals surface area contributed by atoms with Gasteiger partial charge in [-0.2, -0.15) is 26.7 Å². The Morgan fingerprint density at radius 1 is 1.38 bits per heavy atom. The molecule has 0 aromatic carbocycles. The molecule has 1 unspecified atom stereocenters. The molecule has 0 amide bonds. The number of anilines is 3. The van der Waals surface area contributed by atoms with Crippen molar-refractivity contribution in [1.82, 2.24) is 15.0 Å². The van der Waals surface area contributed by atoms with E-state index in [2.05, 4.69) is 33.4 Å². The molecule has 16 heavy (non-hydrogen) atoms. The number of thioether (sulfide) groups is 1. The third kappa shape index (κ3) is 3.73. The van der Waals surface area contributed by atoms with Crippen LogP contribution in [0.3, 0.4) is 0 Å². The van der Waals surface area contributed by atoms with Crippen molar-refractivity contribution in [1.29, 1.82) is 0 Å². The lowest BCUT2D eigenvalue weighted by atomic mass is 10.4. The molecule has 0 radical (unpaired) electrons. The Morgan fingerprint density at radius 2 is 2.06 bits per heavy atom. The number of nitrogens with one attached hydrogen (secondary N) is 1. The highest BCUT2D eigenvalue weighted by Crippen LogP contribution is 2.10. The molecule has 1 aromatic heterocycles. The lowest BCUT2D eigenvalue weighted by molar-refractivity contribution is 0.872. The number of nitrogen functional groups attached to an aromatic ring is 1. The van der Waals surface area contributed by atoms with E-state index in [0.717, 1.165) is 5.75 Å². The van der Waals surface area contributed by atoms with Crippen LogP contribution in [-0.2, 0) is 0 Å². The molecule has 0 aliphatic heterocycles. The molecule has 6 nitrogen and oxygen atoms in total. The van der Waals surface area contributed by atoms with Crippen LogP contribution in [0.4, 0.5) is 17.8 Å². The first-order valence-electron chi connectivity index (χ1n) is 4.97. The van der Waals surface area contributed by atoms with E-state index in [1.807, 2.05) is 14.1 Å². The van der Waals surface area contributed by atoms with E-state index >= 15 is 0 Å². The molecule has 1 aromatic rings. The molecular weight excluding hydrogens is 224 g/mol. The summed E-state index contributed by atoms with van der Waals surface area (Å²) in [7, 11) is 3.73. The SMILES string of the molecule is CSCC(C)Nc1nc(N)nc(N(C)C)n1. The molecule has 0 saturated carbocycles. The summed E-state index contributed by atoms with van der Waals surface area (Å²) in [4.78, 5) is 14.1. The van der Waals surface area contributed by atoms with Crippen LogP contribution < -0.4 is 16.0 Å². The van der Waals surface area contributed by atoms with Crippen molar-refractivity contribution < 1.29 is 0 Å². The Kier molecular flexibility index (Phi) is 4.60. The van der Waals surface area contributed by atoms with E-state index in [1.54, 1.807) is 16.7 Å². The van der Waals surface area contributed by atoms with Crippen molar-refractivity contribution in [2.75, 3.05) is 42.1 Å². The van der Waals surface area contributed by atoms with Crippen molar-refractivity contribution in [2.45, 2.75) is 13.0 Å². The highest BCUT2D eigenvalue weighted by atomic mass is 32.2. The van der Waals surface area contributed by atoms with Crippen LogP contribution in [0.25, 0.3) is 0 Å². The number of nitrogens with two attached hydrogens (primary N) is 1. The largest absolute Gasteiger partial charge is 0.368 e. The van der Waals surface area contributed by atoms with Gasteiger partial charge in [-0.25, -0.2) is 0 Å². The van der Waals surface area contributed by atoms with Crippen LogP contribution in [0.5, 0.6) is 0 Å². The Labute approximate surface area is 100 Å². The minimum atomic E-state index is 0.234. The first-order chi connectivity index (χ1) is 7.52.